The molecule has 1 aromatic carbocycles. The zero-order valence-corrected chi connectivity index (χ0v) is 13.1. The Morgan fingerprint density at radius 2 is 2.19 bits per heavy atom. The SMILES string of the molecule is CCc1nc(COc2c(Cl)cccc2CC(N)CC)no1. The Kier molecular flexibility index (Phi) is 5.59. The highest BCUT2D eigenvalue weighted by Crippen LogP contribution is 2.30. The minimum absolute atomic E-state index is 0.0858. The van der Waals surface area contributed by atoms with E-state index in [-0.39, 0.29) is 12.6 Å². The van der Waals surface area contributed by atoms with Gasteiger partial charge in [0.15, 0.2) is 6.61 Å². The summed E-state index contributed by atoms with van der Waals surface area (Å²) in [5, 5.41) is 4.42. The molecule has 0 amide bonds. The topological polar surface area (TPSA) is 74.2 Å². The van der Waals surface area contributed by atoms with Gasteiger partial charge in [0, 0.05) is 12.5 Å². The lowest BCUT2D eigenvalue weighted by atomic mass is 10.0. The molecule has 2 rings (SSSR count). The van der Waals surface area contributed by atoms with Crippen LogP contribution in [-0.2, 0) is 19.4 Å². The number of benzene rings is 1. The van der Waals surface area contributed by atoms with Gasteiger partial charge in [-0.15, -0.1) is 0 Å². The number of hydrogen-bond acceptors (Lipinski definition) is 5. The molecule has 6 heteroatoms. The highest BCUT2D eigenvalue weighted by atomic mass is 35.5. The Morgan fingerprint density at radius 1 is 1.38 bits per heavy atom. The molecule has 1 unspecified atom stereocenters. The van der Waals surface area contributed by atoms with Crippen molar-refractivity contribution in [3.8, 4) is 5.75 Å². The smallest absolute Gasteiger partial charge is 0.226 e. The van der Waals surface area contributed by atoms with Crippen molar-refractivity contribution < 1.29 is 9.26 Å². The first-order valence-corrected chi connectivity index (χ1v) is 7.49. The molecule has 21 heavy (non-hydrogen) atoms. The third-order valence-electron chi connectivity index (χ3n) is 3.21. The highest BCUT2D eigenvalue weighted by molar-refractivity contribution is 6.32. The summed E-state index contributed by atoms with van der Waals surface area (Å²) >= 11 is 6.22. The van der Waals surface area contributed by atoms with Crippen LogP contribution in [0.5, 0.6) is 5.75 Å². The zero-order chi connectivity index (χ0) is 15.2. The summed E-state index contributed by atoms with van der Waals surface area (Å²) in [5.41, 5.74) is 7.01. The Bertz CT molecular complexity index is 586. The minimum Gasteiger partial charge on any atom is -0.484 e. The normalized spacial score (nSPS) is 12.4. The second-order valence-corrected chi connectivity index (χ2v) is 5.25. The fourth-order valence-corrected chi connectivity index (χ4v) is 2.18. The lowest BCUT2D eigenvalue weighted by molar-refractivity contribution is 0.282. The van der Waals surface area contributed by atoms with Gasteiger partial charge in [0.1, 0.15) is 5.75 Å². The van der Waals surface area contributed by atoms with Crippen molar-refractivity contribution in [2.75, 3.05) is 0 Å². The number of aromatic nitrogens is 2. The van der Waals surface area contributed by atoms with E-state index in [9.17, 15) is 0 Å². The molecule has 0 saturated heterocycles. The van der Waals surface area contributed by atoms with Crippen molar-refractivity contribution >= 4 is 11.6 Å². The molecular weight excluding hydrogens is 290 g/mol. The molecule has 0 spiro atoms. The molecule has 2 aromatic rings. The molecule has 0 bridgehead atoms. The van der Waals surface area contributed by atoms with Crippen molar-refractivity contribution in [1.82, 2.24) is 10.1 Å². The molecule has 2 N–H and O–H groups in total. The van der Waals surface area contributed by atoms with E-state index in [4.69, 9.17) is 26.6 Å². The van der Waals surface area contributed by atoms with Crippen molar-refractivity contribution in [1.29, 1.82) is 0 Å². The van der Waals surface area contributed by atoms with Gasteiger partial charge in [0.05, 0.1) is 5.02 Å². The van der Waals surface area contributed by atoms with Crippen LogP contribution < -0.4 is 10.5 Å². The fourth-order valence-electron chi connectivity index (χ4n) is 1.93. The molecule has 0 saturated carbocycles. The van der Waals surface area contributed by atoms with Crippen LogP contribution in [-0.4, -0.2) is 16.2 Å². The predicted octanol–water partition coefficient (Wildman–Crippen LogP) is 3.14. The summed E-state index contributed by atoms with van der Waals surface area (Å²) in [5.74, 6) is 1.75. The van der Waals surface area contributed by atoms with E-state index in [2.05, 4.69) is 17.1 Å². The highest BCUT2D eigenvalue weighted by Gasteiger charge is 2.13. The van der Waals surface area contributed by atoms with Crippen molar-refractivity contribution in [2.45, 2.75) is 45.8 Å². The molecular formula is C15H20ClN3O2. The van der Waals surface area contributed by atoms with Crippen LogP contribution in [0.4, 0.5) is 0 Å². The lowest BCUT2D eigenvalue weighted by Crippen LogP contribution is -2.21. The second kappa shape index (κ2) is 7.43. The van der Waals surface area contributed by atoms with Crippen molar-refractivity contribution in [3.05, 3.63) is 40.5 Å². The predicted molar refractivity (Wildman–Crippen MR) is 81.4 cm³/mol. The molecule has 5 nitrogen and oxygen atoms in total. The average Bonchev–Trinajstić information content (AvgIpc) is 2.94. The molecule has 1 heterocycles. The molecule has 0 aliphatic rings. The van der Waals surface area contributed by atoms with Crippen LogP contribution in [0, 0.1) is 0 Å². The molecule has 1 atom stereocenters. The largest absolute Gasteiger partial charge is 0.484 e. The standard InChI is InChI=1S/C15H20ClN3O2/c1-3-11(17)8-10-6-5-7-12(16)15(10)20-9-13-18-14(4-2)21-19-13/h5-7,11H,3-4,8-9,17H2,1-2H3. The zero-order valence-electron chi connectivity index (χ0n) is 12.3. The summed E-state index contributed by atoms with van der Waals surface area (Å²) in [4.78, 5) is 4.21. The Balaban J connectivity index is 2.10. The number of nitrogens with zero attached hydrogens (tertiary/aromatic N) is 2. The van der Waals surface area contributed by atoms with E-state index < -0.39 is 0 Å². The van der Waals surface area contributed by atoms with Gasteiger partial charge >= 0.3 is 0 Å². The number of ether oxygens (including phenoxy) is 1. The van der Waals surface area contributed by atoms with Crippen LogP contribution in [0.25, 0.3) is 0 Å². The van der Waals surface area contributed by atoms with Crippen LogP contribution >= 0.6 is 11.6 Å². The second-order valence-electron chi connectivity index (χ2n) is 4.85. The molecule has 1 aromatic heterocycles. The maximum Gasteiger partial charge on any atom is 0.226 e. The summed E-state index contributed by atoms with van der Waals surface area (Å²) in [6, 6.07) is 5.76. The average molecular weight is 310 g/mol. The first kappa shape index (κ1) is 15.8. The summed E-state index contributed by atoms with van der Waals surface area (Å²) in [6.07, 6.45) is 2.32. The Hall–Kier alpha value is -1.59. The number of rotatable bonds is 7. The summed E-state index contributed by atoms with van der Waals surface area (Å²) < 4.78 is 10.8. The van der Waals surface area contributed by atoms with Gasteiger partial charge in [-0.2, -0.15) is 4.98 Å². The molecule has 0 aliphatic carbocycles. The first-order chi connectivity index (χ1) is 10.1. The maximum absolute atomic E-state index is 6.22. The summed E-state index contributed by atoms with van der Waals surface area (Å²) in [7, 11) is 0. The third-order valence-corrected chi connectivity index (χ3v) is 3.51. The van der Waals surface area contributed by atoms with E-state index in [0.717, 1.165) is 18.4 Å². The minimum atomic E-state index is 0.0858. The Morgan fingerprint density at radius 3 is 2.86 bits per heavy atom. The van der Waals surface area contributed by atoms with Crippen LogP contribution in [0.15, 0.2) is 22.7 Å². The number of halogens is 1. The van der Waals surface area contributed by atoms with Gasteiger partial charge in [0.25, 0.3) is 0 Å². The van der Waals surface area contributed by atoms with Gasteiger partial charge in [-0.25, -0.2) is 0 Å². The molecule has 114 valence electrons. The fraction of sp³-hybridized carbons (Fsp3) is 0.467. The van der Waals surface area contributed by atoms with Crippen molar-refractivity contribution in [3.63, 3.8) is 0 Å². The Labute approximate surface area is 129 Å². The quantitative estimate of drug-likeness (QED) is 0.850. The van der Waals surface area contributed by atoms with E-state index in [0.29, 0.717) is 28.9 Å². The molecule has 0 fully saturated rings. The lowest BCUT2D eigenvalue weighted by Gasteiger charge is -2.14. The molecule has 0 aliphatic heterocycles. The van der Waals surface area contributed by atoms with Gasteiger partial charge < -0.3 is 15.0 Å². The van der Waals surface area contributed by atoms with E-state index in [1.807, 2.05) is 19.1 Å². The van der Waals surface area contributed by atoms with Crippen LogP contribution in [0.3, 0.4) is 0 Å². The molecule has 0 radical (unpaired) electrons. The number of hydrogen-bond donors (Lipinski definition) is 1. The van der Waals surface area contributed by atoms with Crippen molar-refractivity contribution in [2.24, 2.45) is 5.73 Å². The van der Waals surface area contributed by atoms with Gasteiger partial charge in [-0.05, 0) is 24.5 Å². The van der Waals surface area contributed by atoms with Gasteiger partial charge in [-0.1, -0.05) is 42.7 Å². The summed E-state index contributed by atoms with van der Waals surface area (Å²) in [6.45, 7) is 4.24. The third kappa shape index (κ3) is 4.19. The van der Waals surface area contributed by atoms with E-state index in [1.54, 1.807) is 6.07 Å². The van der Waals surface area contributed by atoms with Gasteiger partial charge in [0.2, 0.25) is 11.7 Å². The number of para-hydroxylation sites is 1. The van der Waals surface area contributed by atoms with Gasteiger partial charge in [-0.3, -0.25) is 0 Å². The van der Waals surface area contributed by atoms with Crippen LogP contribution in [0.2, 0.25) is 5.02 Å². The van der Waals surface area contributed by atoms with E-state index in [1.165, 1.54) is 0 Å². The van der Waals surface area contributed by atoms with Crippen LogP contribution in [0.1, 0.15) is 37.5 Å². The monoisotopic (exact) mass is 309 g/mol. The number of aryl methyl sites for hydroxylation is 1. The first-order valence-electron chi connectivity index (χ1n) is 7.11. The maximum atomic E-state index is 6.22. The van der Waals surface area contributed by atoms with E-state index >= 15 is 0 Å². The number of nitrogens with two attached hydrogens (primary N) is 1.